The number of aryl methyl sites for hydroxylation is 1. The zero-order valence-electron chi connectivity index (χ0n) is 14.3. The van der Waals surface area contributed by atoms with Crippen LogP contribution < -0.4 is 0 Å². The van der Waals surface area contributed by atoms with Crippen molar-refractivity contribution in [3.8, 4) is 11.3 Å². The van der Waals surface area contributed by atoms with Crippen molar-refractivity contribution in [3.63, 3.8) is 0 Å². The molecule has 0 amide bonds. The monoisotopic (exact) mass is 349 g/mol. The topological polar surface area (TPSA) is 38.1 Å². The van der Waals surface area contributed by atoms with E-state index in [-0.39, 0.29) is 11.6 Å². The summed E-state index contributed by atoms with van der Waals surface area (Å²) in [6.45, 7) is 1.90. The molecule has 0 saturated heterocycles. The first kappa shape index (κ1) is 16.5. The van der Waals surface area contributed by atoms with Crippen molar-refractivity contribution in [2.75, 3.05) is 0 Å². The summed E-state index contributed by atoms with van der Waals surface area (Å²) in [5, 5.41) is 8.26. The van der Waals surface area contributed by atoms with E-state index in [1.165, 1.54) is 18.2 Å². The summed E-state index contributed by atoms with van der Waals surface area (Å²) in [6, 6.07) is 15.6. The van der Waals surface area contributed by atoms with Crippen LogP contribution in [-0.2, 0) is 0 Å². The average molecular weight is 349 g/mol. The fraction of sp³-hybridized carbons (Fsp3) is 0.190. The Kier molecular flexibility index (Phi) is 4.29. The third-order valence-electron chi connectivity index (χ3n) is 4.61. The van der Waals surface area contributed by atoms with E-state index >= 15 is 0 Å². The summed E-state index contributed by atoms with van der Waals surface area (Å²) >= 11 is 0. The number of aromatic nitrogens is 2. The molecule has 5 heteroatoms. The lowest BCUT2D eigenvalue weighted by Gasteiger charge is -2.08. The molecule has 1 aliphatic heterocycles. The van der Waals surface area contributed by atoms with Gasteiger partial charge in [-0.05, 0) is 49.6 Å². The number of aliphatic imine (C=N–C) groups is 1. The molecule has 130 valence electrons. The maximum Gasteiger partial charge on any atom is 0.135 e. The highest BCUT2D eigenvalue weighted by atomic mass is 19.1. The highest BCUT2D eigenvalue weighted by molar-refractivity contribution is 6.02. The molecule has 0 N–H and O–H groups in total. The van der Waals surface area contributed by atoms with E-state index in [4.69, 9.17) is 0 Å². The average Bonchev–Trinajstić information content (AvgIpc) is 3.12. The normalized spacial score (nSPS) is 16.6. The van der Waals surface area contributed by atoms with Crippen molar-refractivity contribution < 1.29 is 8.78 Å². The Bertz CT molecular complexity index is 943. The Labute approximate surface area is 150 Å². The smallest absolute Gasteiger partial charge is 0.135 e. The number of hydrogen-bond donors (Lipinski definition) is 0. The third kappa shape index (κ3) is 3.12. The van der Waals surface area contributed by atoms with Gasteiger partial charge in [-0.3, -0.25) is 4.99 Å². The summed E-state index contributed by atoms with van der Waals surface area (Å²) in [5.41, 5.74) is 4.19. The molecule has 2 aromatic carbocycles. The summed E-state index contributed by atoms with van der Waals surface area (Å²) in [5.74, 6) is -1.12. The summed E-state index contributed by atoms with van der Waals surface area (Å²) in [6.07, 6.45) is 1.31. The Hall–Kier alpha value is -2.95. The number of hydrogen-bond acceptors (Lipinski definition) is 3. The van der Waals surface area contributed by atoms with E-state index in [9.17, 15) is 8.78 Å². The van der Waals surface area contributed by atoms with E-state index in [1.807, 2.05) is 43.3 Å². The second-order valence-electron chi connectivity index (χ2n) is 6.41. The van der Waals surface area contributed by atoms with Gasteiger partial charge in [0.25, 0.3) is 0 Å². The van der Waals surface area contributed by atoms with Crippen LogP contribution >= 0.6 is 0 Å². The Morgan fingerprint density at radius 3 is 2.27 bits per heavy atom. The van der Waals surface area contributed by atoms with Gasteiger partial charge in [-0.1, -0.05) is 30.3 Å². The molecule has 1 aliphatic rings. The summed E-state index contributed by atoms with van der Waals surface area (Å²) in [4.78, 5) is 4.57. The third-order valence-corrected chi connectivity index (χ3v) is 4.61. The number of halogens is 2. The van der Waals surface area contributed by atoms with Crippen LogP contribution in [0.25, 0.3) is 11.3 Å². The number of nitrogens with zero attached hydrogens (tertiary/aromatic N) is 3. The van der Waals surface area contributed by atoms with Crippen LogP contribution in [0.5, 0.6) is 0 Å². The van der Waals surface area contributed by atoms with Crippen molar-refractivity contribution in [1.82, 2.24) is 10.2 Å². The van der Waals surface area contributed by atoms with Gasteiger partial charge < -0.3 is 0 Å². The second-order valence-corrected chi connectivity index (χ2v) is 6.41. The molecule has 1 atom stereocenters. The molecule has 0 radical (unpaired) electrons. The minimum absolute atomic E-state index is 0.00144. The van der Waals surface area contributed by atoms with Crippen molar-refractivity contribution >= 4 is 5.71 Å². The lowest BCUT2D eigenvalue weighted by molar-refractivity contribution is 0.578. The fourth-order valence-corrected chi connectivity index (χ4v) is 3.22. The molecule has 0 aliphatic carbocycles. The molecule has 3 nitrogen and oxygen atoms in total. The van der Waals surface area contributed by atoms with E-state index in [0.717, 1.165) is 28.9 Å². The lowest BCUT2D eigenvalue weighted by Crippen LogP contribution is -2.03. The molecule has 3 aromatic rings. The molecule has 0 saturated carbocycles. The maximum atomic E-state index is 14.0. The number of rotatable bonds is 3. The zero-order chi connectivity index (χ0) is 18.1. The minimum atomic E-state index is -0.558. The quantitative estimate of drug-likeness (QED) is 0.663. The molecular formula is C21H17F2N3. The highest BCUT2D eigenvalue weighted by Gasteiger charge is 2.24. The van der Waals surface area contributed by atoms with Crippen LogP contribution in [0.2, 0.25) is 0 Å². The van der Waals surface area contributed by atoms with Crippen LogP contribution in [0.1, 0.15) is 35.7 Å². The molecule has 0 spiro atoms. The second kappa shape index (κ2) is 6.75. The van der Waals surface area contributed by atoms with Gasteiger partial charge in [0.15, 0.2) is 0 Å². The molecule has 0 bridgehead atoms. The Morgan fingerprint density at radius 1 is 0.885 bits per heavy atom. The van der Waals surface area contributed by atoms with Gasteiger partial charge in [-0.2, -0.15) is 10.2 Å². The van der Waals surface area contributed by atoms with Crippen molar-refractivity contribution in [3.05, 3.63) is 83.1 Å². The maximum absolute atomic E-state index is 14.0. The summed E-state index contributed by atoms with van der Waals surface area (Å²) in [7, 11) is 0. The van der Waals surface area contributed by atoms with Crippen LogP contribution in [0.3, 0.4) is 0 Å². The van der Waals surface area contributed by atoms with Gasteiger partial charge in [0.05, 0.1) is 23.0 Å². The van der Waals surface area contributed by atoms with Gasteiger partial charge in [0.1, 0.15) is 11.6 Å². The Balaban J connectivity index is 1.59. The molecular weight excluding hydrogens is 332 g/mol. The predicted molar refractivity (Wildman–Crippen MR) is 97.1 cm³/mol. The largest absolute Gasteiger partial charge is 0.281 e. The zero-order valence-corrected chi connectivity index (χ0v) is 14.3. The van der Waals surface area contributed by atoms with Gasteiger partial charge >= 0.3 is 0 Å². The van der Waals surface area contributed by atoms with E-state index < -0.39 is 11.6 Å². The first-order chi connectivity index (χ1) is 12.6. The van der Waals surface area contributed by atoms with E-state index in [0.29, 0.717) is 12.1 Å². The van der Waals surface area contributed by atoms with Crippen LogP contribution in [0, 0.1) is 18.6 Å². The molecule has 0 fully saturated rings. The number of benzene rings is 2. The molecule has 4 rings (SSSR count). The van der Waals surface area contributed by atoms with Crippen molar-refractivity contribution in [1.29, 1.82) is 0 Å². The van der Waals surface area contributed by atoms with Crippen LogP contribution in [0.4, 0.5) is 8.78 Å². The van der Waals surface area contributed by atoms with Crippen molar-refractivity contribution in [2.24, 2.45) is 4.99 Å². The van der Waals surface area contributed by atoms with Gasteiger partial charge in [0, 0.05) is 11.3 Å². The molecule has 2 heterocycles. The molecule has 1 aromatic heterocycles. The molecule has 26 heavy (non-hydrogen) atoms. The Morgan fingerprint density at radius 2 is 1.62 bits per heavy atom. The van der Waals surface area contributed by atoms with Gasteiger partial charge in [0.2, 0.25) is 0 Å². The SMILES string of the molecule is Cc1ccc(-c2ccc(C3CCC(c4c(F)cccc4F)=N3)cc2)nn1. The van der Waals surface area contributed by atoms with E-state index in [2.05, 4.69) is 15.2 Å². The summed E-state index contributed by atoms with van der Waals surface area (Å²) < 4.78 is 27.9. The van der Waals surface area contributed by atoms with Crippen LogP contribution in [-0.4, -0.2) is 15.9 Å². The van der Waals surface area contributed by atoms with Crippen LogP contribution in [0.15, 0.2) is 59.6 Å². The lowest BCUT2D eigenvalue weighted by atomic mass is 10.0. The first-order valence-corrected chi connectivity index (χ1v) is 8.53. The predicted octanol–water partition coefficient (Wildman–Crippen LogP) is 5.05. The fourth-order valence-electron chi connectivity index (χ4n) is 3.22. The first-order valence-electron chi connectivity index (χ1n) is 8.53. The van der Waals surface area contributed by atoms with Gasteiger partial charge in [-0.15, -0.1) is 0 Å². The minimum Gasteiger partial charge on any atom is -0.281 e. The van der Waals surface area contributed by atoms with Gasteiger partial charge in [-0.25, -0.2) is 8.78 Å². The molecule has 1 unspecified atom stereocenters. The standard InChI is InChI=1S/C21H17F2N3/c1-13-5-10-19(26-25-13)15-8-6-14(7-9-15)18-11-12-20(24-18)21-16(22)3-2-4-17(21)23/h2-10,18H,11-12H2,1H3. The van der Waals surface area contributed by atoms with E-state index in [1.54, 1.807) is 0 Å². The van der Waals surface area contributed by atoms with Crippen molar-refractivity contribution in [2.45, 2.75) is 25.8 Å². The highest BCUT2D eigenvalue weighted by Crippen LogP contribution is 2.33.